The number of aromatic amines is 1. The Labute approximate surface area is 253 Å². The zero-order valence-electron chi connectivity index (χ0n) is 25.4. The molecule has 220 valence electrons. The maximum absolute atomic E-state index is 12.9. The predicted octanol–water partition coefficient (Wildman–Crippen LogP) is 9.14. The number of aliphatic imine (C=N–C) groups is 1. The van der Waals surface area contributed by atoms with Crippen LogP contribution in [0.1, 0.15) is 83.0 Å². The van der Waals surface area contributed by atoms with Crippen LogP contribution in [-0.4, -0.2) is 44.9 Å². The summed E-state index contributed by atoms with van der Waals surface area (Å²) in [6.45, 7) is 6.46. The van der Waals surface area contributed by atoms with Gasteiger partial charge in [0.05, 0.1) is 17.9 Å². The number of carbonyl (C=O) groups excluding carboxylic acids is 1. The summed E-state index contributed by atoms with van der Waals surface area (Å²) in [6.07, 6.45) is 11.5. The zero-order chi connectivity index (χ0) is 29.6. The highest BCUT2D eigenvalue weighted by Crippen LogP contribution is 2.37. The van der Waals surface area contributed by atoms with Crippen LogP contribution in [0.2, 0.25) is 0 Å². The second kappa shape index (κ2) is 11.1. The number of hydrogen-bond donors (Lipinski definition) is 1. The molecule has 1 aliphatic carbocycles. The van der Waals surface area contributed by atoms with Gasteiger partial charge in [0.25, 0.3) is 0 Å². The maximum Gasteiger partial charge on any atom is 0.410 e. The molecule has 1 unspecified atom stereocenters. The SMILES string of the molecule is CC(C)(C)OC(=O)N1CCCC1C1=NC=C(c2cccc(-c3cccc4cc(-c5cnc(C6CCCC6)[nH]5)ccc34)c2)C1. The number of imidazole rings is 1. The van der Waals surface area contributed by atoms with Crippen LogP contribution in [0.15, 0.2) is 78.1 Å². The molecule has 1 atom stereocenters. The van der Waals surface area contributed by atoms with Gasteiger partial charge in [-0.15, -0.1) is 0 Å². The number of rotatable bonds is 5. The van der Waals surface area contributed by atoms with Crippen LogP contribution in [0.25, 0.3) is 38.7 Å². The van der Waals surface area contributed by atoms with Crippen LogP contribution < -0.4 is 0 Å². The molecule has 1 N–H and O–H groups in total. The van der Waals surface area contributed by atoms with Gasteiger partial charge in [-0.3, -0.25) is 9.89 Å². The molecule has 3 heterocycles. The fraction of sp³-hybridized carbons (Fsp3) is 0.378. The molecule has 1 amide bonds. The fourth-order valence-corrected chi connectivity index (χ4v) is 6.96. The topological polar surface area (TPSA) is 70.6 Å². The summed E-state index contributed by atoms with van der Waals surface area (Å²) in [7, 11) is 0. The molecule has 4 aromatic rings. The molecule has 6 nitrogen and oxygen atoms in total. The molecule has 2 fully saturated rings. The molecule has 43 heavy (non-hydrogen) atoms. The summed E-state index contributed by atoms with van der Waals surface area (Å²) >= 11 is 0. The van der Waals surface area contributed by atoms with Crippen LogP contribution in [0.3, 0.4) is 0 Å². The molecule has 6 heteroatoms. The van der Waals surface area contributed by atoms with Crippen molar-refractivity contribution in [3.05, 3.63) is 84.4 Å². The number of hydrogen-bond acceptors (Lipinski definition) is 4. The summed E-state index contributed by atoms with van der Waals surface area (Å²) in [4.78, 5) is 27.9. The molecule has 1 aromatic heterocycles. The number of likely N-dealkylation sites (tertiary alicyclic amines) is 1. The van der Waals surface area contributed by atoms with Crippen molar-refractivity contribution >= 4 is 28.2 Å². The van der Waals surface area contributed by atoms with Gasteiger partial charge in [-0.2, -0.15) is 0 Å². The number of amides is 1. The minimum Gasteiger partial charge on any atom is -0.444 e. The Kier molecular flexibility index (Phi) is 7.16. The van der Waals surface area contributed by atoms with E-state index in [1.165, 1.54) is 64.3 Å². The average Bonchev–Trinajstić information content (AvgIpc) is 3.82. The average molecular weight is 573 g/mol. The Balaban J connectivity index is 1.10. The first kappa shape index (κ1) is 27.6. The molecular formula is C37H40N4O2. The number of H-pyrrole nitrogens is 1. The van der Waals surface area contributed by atoms with Crippen molar-refractivity contribution in [1.29, 1.82) is 0 Å². The lowest BCUT2D eigenvalue weighted by atomic mass is 9.93. The molecule has 3 aliphatic rings. The second-order valence-electron chi connectivity index (χ2n) is 13.3. The standard InChI is InChI=1S/C37H40N4O2/c1-37(2,3)43-36(42)41-18-8-15-34(41)32-21-29(22-38-32)25-11-6-12-26(19-25)30-14-7-13-27-20-28(16-17-31(27)30)33-23-39-35(40-33)24-9-4-5-10-24/h6-7,11-14,16-17,19-20,22-24,34H,4-5,8-10,15,18,21H2,1-3H3,(H,39,40). The largest absolute Gasteiger partial charge is 0.444 e. The van der Waals surface area contributed by atoms with Crippen LogP contribution in [0.4, 0.5) is 4.79 Å². The minimum atomic E-state index is -0.508. The quantitative estimate of drug-likeness (QED) is 0.259. The zero-order valence-corrected chi connectivity index (χ0v) is 25.4. The molecule has 2 aliphatic heterocycles. The smallest absolute Gasteiger partial charge is 0.410 e. The Morgan fingerprint density at radius 2 is 1.74 bits per heavy atom. The Bertz CT molecular complexity index is 1730. The van der Waals surface area contributed by atoms with E-state index in [1.807, 2.05) is 38.1 Å². The number of benzene rings is 3. The van der Waals surface area contributed by atoms with E-state index in [9.17, 15) is 4.79 Å². The van der Waals surface area contributed by atoms with E-state index in [1.54, 1.807) is 0 Å². The van der Waals surface area contributed by atoms with Gasteiger partial charge in [0.15, 0.2) is 0 Å². The molecule has 0 radical (unpaired) electrons. The first-order valence-electron chi connectivity index (χ1n) is 15.8. The normalized spacial score (nSPS) is 19.2. The van der Waals surface area contributed by atoms with Crippen molar-refractivity contribution in [3.63, 3.8) is 0 Å². The van der Waals surface area contributed by atoms with Gasteiger partial charge in [0, 0.05) is 36.4 Å². The van der Waals surface area contributed by atoms with Crippen molar-refractivity contribution in [2.45, 2.75) is 83.3 Å². The lowest BCUT2D eigenvalue weighted by Gasteiger charge is -2.28. The van der Waals surface area contributed by atoms with Crippen LogP contribution in [0, 0.1) is 0 Å². The van der Waals surface area contributed by atoms with E-state index >= 15 is 0 Å². The summed E-state index contributed by atoms with van der Waals surface area (Å²) in [6, 6.07) is 22.0. The fourth-order valence-electron chi connectivity index (χ4n) is 6.96. The Morgan fingerprint density at radius 3 is 2.58 bits per heavy atom. The molecule has 0 bridgehead atoms. The van der Waals surface area contributed by atoms with Crippen LogP contribution >= 0.6 is 0 Å². The third-order valence-corrected chi connectivity index (χ3v) is 9.10. The van der Waals surface area contributed by atoms with Gasteiger partial charge >= 0.3 is 6.09 Å². The third-order valence-electron chi connectivity index (χ3n) is 9.10. The number of nitrogens with one attached hydrogen (secondary N) is 1. The predicted molar refractivity (Wildman–Crippen MR) is 174 cm³/mol. The van der Waals surface area contributed by atoms with Gasteiger partial charge < -0.3 is 9.72 Å². The van der Waals surface area contributed by atoms with E-state index in [0.29, 0.717) is 12.5 Å². The van der Waals surface area contributed by atoms with Gasteiger partial charge in [-0.05, 0) is 91.6 Å². The van der Waals surface area contributed by atoms with Crippen molar-refractivity contribution < 1.29 is 9.53 Å². The van der Waals surface area contributed by atoms with Crippen LogP contribution in [0.5, 0.6) is 0 Å². The van der Waals surface area contributed by atoms with Crippen molar-refractivity contribution in [2.24, 2.45) is 4.99 Å². The Hall–Kier alpha value is -4.19. The number of ether oxygens (including phenoxy) is 1. The minimum absolute atomic E-state index is 0.00293. The van der Waals surface area contributed by atoms with Gasteiger partial charge in [0.1, 0.15) is 11.4 Å². The van der Waals surface area contributed by atoms with Gasteiger partial charge in [-0.25, -0.2) is 9.78 Å². The highest BCUT2D eigenvalue weighted by molar-refractivity contribution is 6.04. The van der Waals surface area contributed by atoms with E-state index < -0.39 is 5.60 Å². The number of nitrogens with zero attached hydrogens (tertiary/aromatic N) is 3. The molecular weight excluding hydrogens is 532 g/mol. The van der Waals surface area contributed by atoms with Crippen LogP contribution in [-0.2, 0) is 4.74 Å². The number of aromatic nitrogens is 2. The molecule has 7 rings (SSSR count). The van der Waals surface area contributed by atoms with Crippen molar-refractivity contribution in [2.75, 3.05) is 6.54 Å². The number of allylic oxidation sites excluding steroid dienone is 1. The third kappa shape index (κ3) is 5.63. The molecule has 3 aromatic carbocycles. The van der Waals surface area contributed by atoms with Crippen molar-refractivity contribution in [1.82, 2.24) is 14.9 Å². The molecule has 0 spiro atoms. The summed E-state index contributed by atoms with van der Waals surface area (Å²) in [5.74, 6) is 1.71. The van der Waals surface area contributed by atoms with E-state index in [2.05, 4.69) is 65.6 Å². The van der Waals surface area contributed by atoms with E-state index in [4.69, 9.17) is 14.7 Å². The monoisotopic (exact) mass is 572 g/mol. The van der Waals surface area contributed by atoms with E-state index in [-0.39, 0.29) is 12.1 Å². The van der Waals surface area contributed by atoms with Gasteiger partial charge in [-0.1, -0.05) is 61.4 Å². The second-order valence-corrected chi connectivity index (χ2v) is 13.3. The molecule has 1 saturated heterocycles. The summed E-state index contributed by atoms with van der Waals surface area (Å²) < 4.78 is 5.69. The number of carbonyl (C=O) groups is 1. The summed E-state index contributed by atoms with van der Waals surface area (Å²) in [5, 5.41) is 2.45. The highest BCUT2D eigenvalue weighted by atomic mass is 16.6. The first-order chi connectivity index (χ1) is 20.8. The van der Waals surface area contributed by atoms with Gasteiger partial charge in [0.2, 0.25) is 0 Å². The number of fused-ring (bicyclic) bond motifs is 1. The lowest BCUT2D eigenvalue weighted by Crippen LogP contribution is -2.43. The Morgan fingerprint density at radius 1 is 0.930 bits per heavy atom. The first-order valence-corrected chi connectivity index (χ1v) is 15.8. The summed E-state index contributed by atoms with van der Waals surface area (Å²) in [5.41, 5.74) is 7.57. The van der Waals surface area contributed by atoms with Crippen molar-refractivity contribution in [3.8, 4) is 22.4 Å². The maximum atomic E-state index is 12.9. The molecule has 1 saturated carbocycles. The van der Waals surface area contributed by atoms with E-state index in [0.717, 1.165) is 36.5 Å². The highest BCUT2D eigenvalue weighted by Gasteiger charge is 2.36. The lowest BCUT2D eigenvalue weighted by molar-refractivity contribution is 0.0265.